The lowest BCUT2D eigenvalue weighted by molar-refractivity contribution is 0.430. The number of nitrogens with two attached hydrogens (primary N) is 1. The van der Waals surface area contributed by atoms with E-state index in [0.29, 0.717) is 6.04 Å². The molecule has 1 aromatic heterocycles. The molecule has 2 rings (SSSR count). The van der Waals surface area contributed by atoms with E-state index in [0.717, 1.165) is 17.9 Å². The van der Waals surface area contributed by atoms with Crippen molar-refractivity contribution in [1.29, 1.82) is 0 Å². The monoisotopic (exact) mass is 165 g/mol. The predicted octanol–water partition coefficient (Wildman–Crippen LogP) is 1.67. The van der Waals surface area contributed by atoms with Crippen molar-refractivity contribution in [2.45, 2.75) is 39.2 Å². The van der Waals surface area contributed by atoms with Gasteiger partial charge in [-0.25, -0.2) is 4.98 Å². The molecule has 0 radical (unpaired) electrons. The van der Waals surface area contributed by atoms with Crippen molar-refractivity contribution in [3.05, 3.63) is 11.5 Å². The summed E-state index contributed by atoms with van der Waals surface area (Å²) in [5.74, 6) is 2.03. The second-order valence-electron chi connectivity index (χ2n) is 3.61. The van der Waals surface area contributed by atoms with Crippen LogP contribution in [0.3, 0.4) is 0 Å². The molecule has 2 heterocycles. The van der Waals surface area contributed by atoms with E-state index >= 15 is 0 Å². The lowest BCUT2D eigenvalue weighted by Gasteiger charge is -2.22. The van der Waals surface area contributed by atoms with E-state index in [1.807, 2.05) is 6.92 Å². The number of hydrogen-bond donors (Lipinski definition) is 1. The third-order valence-electron chi connectivity index (χ3n) is 2.67. The van der Waals surface area contributed by atoms with E-state index in [1.54, 1.807) is 0 Å². The fourth-order valence-electron chi connectivity index (χ4n) is 1.97. The van der Waals surface area contributed by atoms with Gasteiger partial charge in [-0.15, -0.1) is 0 Å². The molecular formula is C9H15N3. The minimum Gasteiger partial charge on any atom is -0.384 e. The molecule has 0 saturated carbocycles. The molecule has 1 unspecified atom stereocenters. The van der Waals surface area contributed by atoms with Crippen LogP contribution >= 0.6 is 0 Å². The Morgan fingerprint density at radius 3 is 3.00 bits per heavy atom. The first kappa shape index (κ1) is 7.65. The van der Waals surface area contributed by atoms with Gasteiger partial charge in [0, 0.05) is 12.5 Å². The summed E-state index contributed by atoms with van der Waals surface area (Å²) in [5.41, 5.74) is 6.90. The van der Waals surface area contributed by atoms with Gasteiger partial charge < -0.3 is 10.3 Å². The number of hydrogen-bond acceptors (Lipinski definition) is 2. The van der Waals surface area contributed by atoms with Crippen LogP contribution in [0.15, 0.2) is 0 Å². The molecule has 0 amide bonds. The number of aromatic nitrogens is 2. The minimum absolute atomic E-state index is 0.537. The van der Waals surface area contributed by atoms with E-state index in [-0.39, 0.29) is 0 Å². The number of rotatable bonds is 0. The molecule has 12 heavy (non-hydrogen) atoms. The summed E-state index contributed by atoms with van der Waals surface area (Å²) >= 11 is 0. The summed E-state index contributed by atoms with van der Waals surface area (Å²) in [7, 11) is 0. The highest BCUT2D eigenvalue weighted by Gasteiger charge is 2.20. The second-order valence-corrected chi connectivity index (χ2v) is 3.61. The summed E-state index contributed by atoms with van der Waals surface area (Å²) in [5, 5.41) is 0. The number of nitrogens with zero attached hydrogens (tertiary/aromatic N) is 2. The Morgan fingerprint density at radius 2 is 2.33 bits per heavy atom. The molecule has 3 heteroatoms. The molecule has 0 aromatic carbocycles. The predicted molar refractivity (Wildman–Crippen MR) is 49.0 cm³/mol. The van der Waals surface area contributed by atoms with Crippen LogP contribution in [0, 0.1) is 6.92 Å². The topological polar surface area (TPSA) is 43.8 Å². The molecule has 1 aliphatic rings. The zero-order valence-corrected chi connectivity index (χ0v) is 7.67. The van der Waals surface area contributed by atoms with E-state index < -0.39 is 0 Å². The van der Waals surface area contributed by atoms with Gasteiger partial charge in [0.05, 0.1) is 5.69 Å². The molecule has 3 nitrogen and oxygen atoms in total. The Kier molecular flexibility index (Phi) is 1.60. The van der Waals surface area contributed by atoms with Gasteiger partial charge in [-0.05, 0) is 26.7 Å². The molecule has 0 aliphatic carbocycles. The zero-order valence-electron chi connectivity index (χ0n) is 7.67. The fourth-order valence-corrected chi connectivity index (χ4v) is 1.97. The third kappa shape index (κ3) is 0.924. The van der Waals surface area contributed by atoms with Crippen molar-refractivity contribution in [1.82, 2.24) is 9.55 Å². The van der Waals surface area contributed by atoms with Crippen molar-refractivity contribution in [3.8, 4) is 0 Å². The number of aryl methyl sites for hydroxylation is 2. The first-order chi connectivity index (χ1) is 5.70. The molecule has 66 valence electrons. The van der Waals surface area contributed by atoms with Gasteiger partial charge >= 0.3 is 0 Å². The normalized spacial score (nSPS) is 22.3. The second kappa shape index (κ2) is 2.51. The van der Waals surface area contributed by atoms with E-state index in [2.05, 4.69) is 16.5 Å². The molecule has 0 bridgehead atoms. The van der Waals surface area contributed by atoms with Crippen molar-refractivity contribution >= 4 is 5.82 Å². The van der Waals surface area contributed by atoms with Crippen LogP contribution in [0.1, 0.15) is 37.3 Å². The molecule has 2 N–H and O–H groups in total. The largest absolute Gasteiger partial charge is 0.384 e. The van der Waals surface area contributed by atoms with Gasteiger partial charge in [0.1, 0.15) is 11.6 Å². The van der Waals surface area contributed by atoms with Gasteiger partial charge in [-0.2, -0.15) is 0 Å². The Balaban J connectivity index is 2.54. The maximum Gasteiger partial charge on any atom is 0.126 e. The average molecular weight is 165 g/mol. The van der Waals surface area contributed by atoms with Crippen molar-refractivity contribution < 1.29 is 0 Å². The summed E-state index contributed by atoms with van der Waals surface area (Å²) in [4.78, 5) is 4.44. The van der Waals surface area contributed by atoms with E-state index in [1.165, 1.54) is 18.7 Å². The smallest absolute Gasteiger partial charge is 0.126 e. The van der Waals surface area contributed by atoms with Crippen molar-refractivity contribution in [2.24, 2.45) is 0 Å². The van der Waals surface area contributed by atoms with Crippen LogP contribution < -0.4 is 5.73 Å². The maximum absolute atomic E-state index is 5.91. The first-order valence-corrected chi connectivity index (χ1v) is 4.53. The van der Waals surface area contributed by atoms with Gasteiger partial charge in [-0.1, -0.05) is 0 Å². The molecule has 1 atom stereocenters. The molecule has 1 aliphatic heterocycles. The summed E-state index contributed by atoms with van der Waals surface area (Å²) in [6.07, 6.45) is 3.56. The first-order valence-electron chi connectivity index (χ1n) is 4.53. The summed E-state index contributed by atoms with van der Waals surface area (Å²) in [6.45, 7) is 4.19. The van der Waals surface area contributed by atoms with Crippen LogP contribution in [0.2, 0.25) is 0 Å². The van der Waals surface area contributed by atoms with E-state index in [4.69, 9.17) is 5.73 Å². The van der Waals surface area contributed by atoms with Crippen LogP contribution in [-0.2, 0) is 6.42 Å². The Hall–Kier alpha value is -0.990. The summed E-state index contributed by atoms with van der Waals surface area (Å²) in [6, 6.07) is 0.537. The zero-order chi connectivity index (χ0) is 8.72. The fraction of sp³-hybridized carbons (Fsp3) is 0.667. The number of nitrogen functional groups attached to an aromatic ring is 1. The Morgan fingerprint density at radius 1 is 1.58 bits per heavy atom. The van der Waals surface area contributed by atoms with Gasteiger partial charge in [0.25, 0.3) is 0 Å². The molecule has 0 saturated heterocycles. The van der Waals surface area contributed by atoms with Gasteiger partial charge in [0.2, 0.25) is 0 Å². The third-order valence-corrected chi connectivity index (χ3v) is 2.67. The number of imidazole rings is 1. The highest BCUT2D eigenvalue weighted by Crippen LogP contribution is 2.28. The highest BCUT2D eigenvalue weighted by atomic mass is 15.2. The molecular weight excluding hydrogens is 150 g/mol. The van der Waals surface area contributed by atoms with Crippen molar-refractivity contribution in [2.75, 3.05) is 5.73 Å². The summed E-state index contributed by atoms with van der Waals surface area (Å²) < 4.78 is 2.18. The number of fused-ring (bicyclic) bond motifs is 1. The Labute approximate surface area is 72.6 Å². The highest BCUT2D eigenvalue weighted by molar-refractivity contribution is 5.38. The Bertz CT molecular complexity index is 301. The lowest BCUT2D eigenvalue weighted by atomic mass is 10.1. The van der Waals surface area contributed by atoms with Gasteiger partial charge in [-0.3, -0.25) is 0 Å². The molecule has 0 spiro atoms. The van der Waals surface area contributed by atoms with Gasteiger partial charge in [0.15, 0.2) is 0 Å². The van der Waals surface area contributed by atoms with Crippen LogP contribution in [0.5, 0.6) is 0 Å². The van der Waals surface area contributed by atoms with E-state index in [9.17, 15) is 0 Å². The number of anilines is 1. The van der Waals surface area contributed by atoms with Crippen LogP contribution in [0.4, 0.5) is 5.82 Å². The van der Waals surface area contributed by atoms with Crippen LogP contribution in [0.25, 0.3) is 0 Å². The lowest BCUT2D eigenvalue weighted by Crippen LogP contribution is -2.16. The van der Waals surface area contributed by atoms with Crippen molar-refractivity contribution in [3.63, 3.8) is 0 Å². The van der Waals surface area contributed by atoms with Crippen LogP contribution in [-0.4, -0.2) is 9.55 Å². The minimum atomic E-state index is 0.537. The SMILES string of the molecule is Cc1nc2n(c1N)C(C)CCC2. The molecule has 1 aromatic rings. The average Bonchev–Trinajstić information content (AvgIpc) is 2.29. The standard InChI is InChI=1S/C9H15N3/c1-6-4-3-5-8-11-7(2)9(10)12(6)8/h6H,3-5,10H2,1-2H3. The maximum atomic E-state index is 5.91. The molecule has 0 fully saturated rings. The quantitative estimate of drug-likeness (QED) is 0.635.